The third-order valence-corrected chi connectivity index (χ3v) is 3.79. The van der Waals surface area contributed by atoms with E-state index in [1.54, 1.807) is 11.6 Å². The molecule has 7 nitrogen and oxygen atoms in total. The zero-order chi connectivity index (χ0) is 17.0. The standard InChI is InChI=1S/C15H17N3O4S/c1-2-3-9(14(22)18-15-17-4-5-23-15)12(20)8-6-10(16)13(21)11(19)7-8/h4-7,19-21H,2-3,16H2,1H3,(H,17,18,22)/b12-9-. The van der Waals surface area contributed by atoms with Gasteiger partial charge in [-0.3, -0.25) is 10.1 Å². The molecular formula is C15H17N3O4S. The lowest BCUT2D eigenvalue weighted by molar-refractivity contribution is -0.113. The molecule has 2 aromatic rings. The third kappa shape index (κ3) is 3.72. The van der Waals surface area contributed by atoms with E-state index in [9.17, 15) is 20.1 Å². The summed E-state index contributed by atoms with van der Waals surface area (Å²) in [5, 5.41) is 34.2. The monoisotopic (exact) mass is 335 g/mol. The van der Waals surface area contributed by atoms with Crippen molar-refractivity contribution < 1.29 is 20.1 Å². The van der Waals surface area contributed by atoms with E-state index in [1.807, 2.05) is 6.92 Å². The number of carbonyl (C=O) groups excluding carboxylic acids is 1. The van der Waals surface area contributed by atoms with Crippen LogP contribution >= 0.6 is 11.3 Å². The van der Waals surface area contributed by atoms with Gasteiger partial charge in [-0.25, -0.2) is 4.98 Å². The summed E-state index contributed by atoms with van der Waals surface area (Å²) in [5.41, 5.74) is 5.77. The number of nitrogens with one attached hydrogen (secondary N) is 1. The number of anilines is 2. The SMILES string of the molecule is CCC/C(C(=O)Nc1nccs1)=C(/O)c1cc(N)c(O)c(O)c1. The molecule has 1 aromatic heterocycles. The fourth-order valence-corrected chi connectivity index (χ4v) is 2.52. The molecule has 1 aromatic carbocycles. The average molecular weight is 335 g/mol. The predicted molar refractivity (Wildman–Crippen MR) is 89.4 cm³/mol. The number of nitrogens with zero attached hydrogens (tertiary/aromatic N) is 1. The molecule has 2 rings (SSSR count). The second-order valence-corrected chi connectivity index (χ2v) is 5.70. The van der Waals surface area contributed by atoms with Crippen molar-refractivity contribution in [2.24, 2.45) is 0 Å². The van der Waals surface area contributed by atoms with Crippen LogP contribution in [0.4, 0.5) is 10.8 Å². The van der Waals surface area contributed by atoms with Crippen LogP contribution in [0, 0.1) is 0 Å². The number of phenolic OH excluding ortho intramolecular Hbond substituents is 2. The predicted octanol–water partition coefficient (Wildman–Crippen LogP) is 2.84. The van der Waals surface area contributed by atoms with Gasteiger partial charge in [0.25, 0.3) is 5.91 Å². The Kier molecular flexibility index (Phi) is 5.07. The van der Waals surface area contributed by atoms with Crippen molar-refractivity contribution >= 4 is 33.8 Å². The van der Waals surface area contributed by atoms with Gasteiger partial charge in [0.1, 0.15) is 5.76 Å². The Morgan fingerprint density at radius 3 is 2.70 bits per heavy atom. The van der Waals surface area contributed by atoms with E-state index in [2.05, 4.69) is 10.3 Å². The first-order chi connectivity index (χ1) is 10.9. The van der Waals surface area contributed by atoms with E-state index in [-0.39, 0.29) is 22.6 Å². The van der Waals surface area contributed by atoms with Crippen molar-refractivity contribution in [1.82, 2.24) is 4.98 Å². The molecule has 122 valence electrons. The second-order valence-electron chi connectivity index (χ2n) is 4.80. The van der Waals surface area contributed by atoms with Crippen molar-refractivity contribution in [2.45, 2.75) is 19.8 Å². The summed E-state index contributed by atoms with van der Waals surface area (Å²) in [5.74, 6) is -1.72. The fraction of sp³-hybridized carbons (Fsp3) is 0.200. The molecule has 1 amide bonds. The zero-order valence-electron chi connectivity index (χ0n) is 12.4. The summed E-state index contributed by atoms with van der Waals surface area (Å²) in [6.07, 6.45) is 2.51. The molecule has 1 heterocycles. The summed E-state index contributed by atoms with van der Waals surface area (Å²) >= 11 is 1.26. The summed E-state index contributed by atoms with van der Waals surface area (Å²) in [6, 6.07) is 2.43. The Labute approximate surface area is 136 Å². The number of hydrogen-bond donors (Lipinski definition) is 5. The lowest BCUT2D eigenvalue weighted by Crippen LogP contribution is -2.16. The molecule has 0 bridgehead atoms. The van der Waals surface area contributed by atoms with E-state index in [0.717, 1.165) is 6.07 Å². The van der Waals surface area contributed by atoms with Gasteiger partial charge < -0.3 is 21.1 Å². The number of rotatable bonds is 5. The minimum atomic E-state index is -0.481. The number of thiazole rings is 1. The first-order valence-corrected chi connectivity index (χ1v) is 7.76. The Bertz CT molecular complexity index is 718. The van der Waals surface area contributed by atoms with E-state index in [1.165, 1.54) is 17.4 Å². The van der Waals surface area contributed by atoms with Crippen molar-refractivity contribution in [3.05, 3.63) is 34.8 Å². The van der Waals surface area contributed by atoms with E-state index in [4.69, 9.17) is 5.73 Å². The van der Waals surface area contributed by atoms with Gasteiger partial charge in [-0.1, -0.05) is 13.3 Å². The summed E-state index contributed by atoms with van der Waals surface area (Å²) in [7, 11) is 0. The van der Waals surface area contributed by atoms with Crippen molar-refractivity contribution in [1.29, 1.82) is 0 Å². The van der Waals surface area contributed by atoms with Gasteiger partial charge in [-0.2, -0.15) is 0 Å². The second kappa shape index (κ2) is 7.01. The number of benzene rings is 1. The van der Waals surface area contributed by atoms with Gasteiger partial charge in [0.15, 0.2) is 16.6 Å². The number of aliphatic hydroxyl groups is 1. The number of phenols is 2. The number of aromatic nitrogens is 1. The molecule has 0 unspecified atom stereocenters. The number of hydrogen-bond acceptors (Lipinski definition) is 7. The molecule has 0 fully saturated rings. The van der Waals surface area contributed by atoms with E-state index >= 15 is 0 Å². The minimum Gasteiger partial charge on any atom is -0.507 e. The average Bonchev–Trinajstić information content (AvgIpc) is 3.01. The molecular weight excluding hydrogens is 318 g/mol. The molecule has 0 aliphatic heterocycles. The highest BCUT2D eigenvalue weighted by Crippen LogP contribution is 2.35. The molecule has 0 spiro atoms. The topological polar surface area (TPSA) is 129 Å². The Balaban J connectivity index is 2.40. The Hall–Kier alpha value is -2.74. The van der Waals surface area contributed by atoms with Crippen LogP contribution in [-0.2, 0) is 4.79 Å². The Morgan fingerprint density at radius 2 is 2.13 bits per heavy atom. The molecule has 6 N–H and O–H groups in total. The molecule has 0 radical (unpaired) electrons. The van der Waals surface area contributed by atoms with E-state index < -0.39 is 17.4 Å². The lowest BCUT2D eigenvalue weighted by Gasteiger charge is -2.11. The quantitative estimate of drug-likeness (QED) is 0.247. The maximum absolute atomic E-state index is 12.3. The molecule has 0 aliphatic rings. The molecule has 0 aliphatic carbocycles. The number of nitrogens with two attached hydrogens (primary N) is 1. The van der Waals surface area contributed by atoms with Crippen LogP contribution in [0.2, 0.25) is 0 Å². The molecule has 8 heteroatoms. The largest absolute Gasteiger partial charge is 0.507 e. The van der Waals surface area contributed by atoms with Gasteiger partial charge in [-0.15, -0.1) is 11.3 Å². The number of amides is 1. The van der Waals surface area contributed by atoms with Crippen LogP contribution in [0.3, 0.4) is 0 Å². The molecule has 23 heavy (non-hydrogen) atoms. The number of carbonyl (C=O) groups is 1. The lowest BCUT2D eigenvalue weighted by atomic mass is 10.0. The van der Waals surface area contributed by atoms with Crippen molar-refractivity contribution in [2.75, 3.05) is 11.1 Å². The van der Waals surface area contributed by atoms with E-state index in [0.29, 0.717) is 18.0 Å². The van der Waals surface area contributed by atoms with Gasteiger partial charge >= 0.3 is 0 Å². The van der Waals surface area contributed by atoms with Crippen molar-refractivity contribution in [3.8, 4) is 11.5 Å². The van der Waals surface area contributed by atoms with Crippen LogP contribution < -0.4 is 11.1 Å². The van der Waals surface area contributed by atoms with Crippen molar-refractivity contribution in [3.63, 3.8) is 0 Å². The van der Waals surface area contributed by atoms with Crippen LogP contribution in [0.1, 0.15) is 25.3 Å². The summed E-state index contributed by atoms with van der Waals surface area (Å²) in [4.78, 5) is 16.3. The number of aromatic hydroxyl groups is 2. The van der Waals surface area contributed by atoms with Gasteiger partial charge in [0.05, 0.1) is 11.3 Å². The van der Waals surface area contributed by atoms with Gasteiger partial charge in [-0.05, 0) is 18.6 Å². The molecule has 0 atom stereocenters. The smallest absolute Gasteiger partial charge is 0.257 e. The van der Waals surface area contributed by atoms with Crippen LogP contribution in [-0.4, -0.2) is 26.2 Å². The minimum absolute atomic E-state index is 0.0947. The van der Waals surface area contributed by atoms with Crippen LogP contribution in [0.15, 0.2) is 29.3 Å². The highest BCUT2D eigenvalue weighted by atomic mass is 32.1. The maximum Gasteiger partial charge on any atom is 0.257 e. The fourth-order valence-electron chi connectivity index (χ4n) is 2.00. The third-order valence-electron chi connectivity index (χ3n) is 3.11. The van der Waals surface area contributed by atoms with Crippen LogP contribution in [0.5, 0.6) is 11.5 Å². The van der Waals surface area contributed by atoms with Gasteiger partial charge in [0.2, 0.25) is 0 Å². The Morgan fingerprint density at radius 1 is 1.39 bits per heavy atom. The van der Waals surface area contributed by atoms with Crippen LogP contribution in [0.25, 0.3) is 5.76 Å². The molecule has 0 saturated carbocycles. The highest BCUT2D eigenvalue weighted by molar-refractivity contribution is 7.13. The first kappa shape index (κ1) is 16.6. The summed E-state index contributed by atoms with van der Waals surface area (Å²) < 4.78 is 0. The first-order valence-electron chi connectivity index (χ1n) is 6.88. The molecule has 0 saturated heterocycles. The normalized spacial score (nSPS) is 11.9. The van der Waals surface area contributed by atoms with Gasteiger partial charge in [0, 0.05) is 17.1 Å². The number of aliphatic hydroxyl groups excluding tert-OH is 1. The highest BCUT2D eigenvalue weighted by Gasteiger charge is 2.19. The maximum atomic E-state index is 12.3. The number of nitrogen functional groups attached to an aromatic ring is 1. The summed E-state index contributed by atoms with van der Waals surface area (Å²) in [6.45, 7) is 1.87. The zero-order valence-corrected chi connectivity index (χ0v) is 13.2.